The quantitative estimate of drug-likeness (QED) is 0.891. The van der Waals surface area contributed by atoms with Gasteiger partial charge in [-0.15, -0.1) is 0 Å². The summed E-state index contributed by atoms with van der Waals surface area (Å²) in [7, 11) is 0. The highest BCUT2D eigenvalue weighted by Gasteiger charge is 2.17. The second-order valence-electron chi connectivity index (χ2n) is 5.96. The zero-order valence-corrected chi connectivity index (χ0v) is 12.5. The molecular formula is C15H17ClN2O2. The molecule has 0 aliphatic heterocycles. The zero-order valence-electron chi connectivity index (χ0n) is 11.7. The van der Waals surface area contributed by atoms with E-state index in [0.29, 0.717) is 22.8 Å². The summed E-state index contributed by atoms with van der Waals surface area (Å²) in [6.07, 6.45) is 0.580. The van der Waals surface area contributed by atoms with E-state index in [-0.39, 0.29) is 22.4 Å². The summed E-state index contributed by atoms with van der Waals surface area (Å²) in [5.41, 5.74) is 0.380. The van der Waals surface area contributed by atoms with Crippen LogP contribution in [0.3, 0.4) is 0 Å². The van der Waals surface area contributed by atoms with E-state index in [1.807, 2.05) is 20.8 Å². The largest absolute Gasteiger partial charge is 0.493 e. The van der Waals surface area contributed by atoms with Gasteiger partial charge in [0.1, 0.15) is 11.4 Å². The molecule has 0 fully saturated rings. The molecule has 106 valence electrons. The monoisotopic (exact) mass is 292 g/mol. The Morgan fingerprint density at radius 2 is 1.85 bits per heavy atom. The lowest BCUT2D eigenvalue weighted by molar-refractivity contribution is 0.392. The van der Waals surface area contributed by atoms with E-state index in [1.54, 1.807) is 24.3 Å². The van der Waals surface area contributed by atoms with Crippen LogP contribution in [-0.4, -0.2) is 15.1 Å². The third kappa shape index (κ3) is 3.39. The van der Waals surface area contributed by atoms with Crippen molar-refractivity contribution in [1.29, 1.82) is 0 Å². The van der Waals surface area contributed by atoms with Gasteiger partial charge in [-0.1, -0.05) is 44.5 Å². The van der Waals surface area contributed by atoms with Gasteiger partial charge in [-0.2, -0.15) is 4.98 Å². The number of hydrogen-bond acceptors (Lipinski definition) is 3. The number of nitrogens with one attached hydrogen (secondary N) is 1. The van der Waals surface area contributed by atoms with Gasteiger partial charge in [0.15, 0.2) is 0 Å². The fourth-order valence-corrected chi connectivity index (χ4v) is 2.10. The molecule has 0 aliphatic rings. The number of aromatic nitrogens is 2. The number of hydrogen-bond donors (Lipinski definition) is 2. The first-order valence-corrected chi connectivity index (χ1v) is 6.72. The number of halogens is 1. The van der Waals surface area contributed by atoms with Crippen molar-refractivity contribution in [3.8, 4) is 17.0 Å². The molecule has 0 bridgehead atoms. The normalized spacial score (nSPS) is 11.6. The summed E-state index contributed by atoms with van der Waals surface area (Å²) in [5, 5.41) is 10.6. The molecule has 0 spiro atoms. The average molecular weight is 293 g/mol. The molecule has 1 aromatic carbocycles. The summed E-state index contributed by atoms with van der Waals surface area (Å²) >= 11 is 5.81. The zero-order chi connectivity index (χ0) is 14.9. The molecule has 2 aromatic rings. The first-order valence-electron chi connectivity index (χ1n) is 6.34. The van der Waals surface area contributed by atoms with Crippen LogP contribution in [0.25, 0.3) is 11.1 Å². The van der Waals surface area contributed by atoms with Crippen LogP contribution < -0.4 is 5.56 Å². The third-order valence-corrected chi connectivity index (χ3v) is 3.03. The van der Waals surface area contributed by atoms with Gasteiger partial charge in [-0.05, 0) is 23.1 Å². The first kappa shape index (κ1) is 14.6. The van der Waals surface area contributed by atoms with Crippen molar-refractivity contribution in [1.82, 2.24) is 9.97 Å². The number of H-pyrrole nitrogens is 1. The van der Waals surface area contributed by atoms with Crippen molar-refractivity contribution in [3.05, 3.63) is 45.5 Å². The van der Waals surface area contributed by atoms with Crippen molar-refractivity contribution >= 4 is 11.6 Å². The van der Waals surface area contributed by atoms with E-state index < -0.39 is 0 Å². The highest BCUT2D eigenvalue weighted by molar-refractivity contribution is 6.30. The number of aromatic amines is 1. The lowest BCUT2D eigenvalue weighted by atomic mass is 9.92. The number of benzene rings is 1. The van der Waals surface area contributed by atoms with Crippen LogP contribution >= 0.6 is 11.6 Å². The molecule has 20 heavy (non-hydrogen) atoms. The maximum atomic E-state index is 12.1. The van der Waals surface area contributed by atoms with Crippen LogP contribution in [0.2, 0.25) is 5.02 Å². The molecule has 0 amide bonds. The van der Waals surface area contributed by atoms with Gasteiger partial charge in [-0.25, -0.2) is 0 Å². The minimum Gasteiger partial charge on any atom is -0.493 e. The van der Waals surface area contributed by atoms with Crippen molar-refractivity contribution in [2.24, 2.45) is 5.41 Å². The molecule has 1 aromatic heterocycles. The van der Waals surface area contributed by atoms with Crippen molar-refractivity contribution in [2.75, 3.05) is 0 Å². The fraction of sp³-hybridized carbons (Fsp3) is 0.333. The van der Waals surface area contributed by atoms with Gasteiger partial charge in [0.05, 0.1) is 0 Å². The Morgan fingerprint density at radius 3 is 2.35 bits per heavy atom. The van der Waals surface area contributed by atoms with Crippen LogP contribution in [0.4, 0.5) is 0 Å². The van der Waals surface area contributed by atoms with Gasteiger partial charge >= 0.3 is 0 Å². The Balaban J connectivity index is 2.47. The molecule has 4 nitrogen and oxygen atoms in total. The van der Waals surface area contributed by atoms with Crippen LogP contribution in [0, 0.1) is 5.41 Å². The van der Waals surface area contributed by atoms with E-state index in [2.05, 4.69) is 9.97 Å². The maximum Gasteiger partial charge on any atom is 0.262 e. The lowest BCUT2D eigenvalue weighted by Crippen LogP contribution is -2.18. The summed E-state index contributed by atoms with van der Waals surface area (Å²) in [6, 6.07) is 6.69. The Kier molecular flexibility index (Phi) is 3.86. The fourth-order valence-electron chi connectivity index (χ4n) is 1.97. The van der Waals surface area contributed by atoms with Crippen LogP contribution in [0.5, 0.6) is 5.88 Å². The molecule has 1 heterocycles. The minimum atomic E-state index is -0.348. The highest BCUT2D eigenvalue weighted by atomic mass is 35.5. The molecule has 5 heteroatoms. The van der Waals surface area contributed by atoms with E-state index in [4.69, 9.17) is 11.6 Å². The Labute approximate surface area is 122 Å². The smallest absolute Gasteiger partial charge is 0.262 e. The minimum absolute atomic E-state index is 0.0236. The Hall–Kier alpha value is -1.81. The van der Waals surface area contributed by atoms with Crippen LogP contribution in [0.1, 0.15) is 26.6 Å². The molecule has 0 unspecified atom stereocenters. The second kappa shape index (κ2) is 5.29. The number of aromatic hydroxyl groups is 1. The van der Waals surface area contributed by atoms with Gasteiger partial charge in [-0.3, -0.25) is 4.79 Å². The molecule has 0 saturated carbocycles. The highest BCUT2D eigenvalue weighted by Crippen LogP contribution is 2.26. The third-order valence-electron chi connectivity index (χ3n) is 2.78. The van der Waals surface area contributed by atoms with E-state index in [0.717, 1.165) is 0 Å². The summed E-state index contributed by atoms with van der Waals surface area (Å²) in [6.45, 7) is 6.12. The van der Waals surface area contributed by atoms with E-state index >= 15 is 0 Å². The topological polar surface area (TPSA) is 66.0 Å². The molecule has 0 aliphatic carbocycles. The second-order valence-corrected chi connectivity index (χ2v) is 6.39. The molecular weight excluding hydrogens is 276 g/mol. The molecule has 2 N–H and O–H groups in total. The molecule has 0 saturated heterocycles. The predicted octanol–water partition coefficient (Wildman–Crippen LogP) is 3.38. The summed E-state index contributed by atoms with van der Waals surface area (Å²) < 4.78 is 0. The van der Waals surface area contributed by atoms with Crippen LogP contribution in [0.15, 0.2) is 29.1 Å². The number of rotatable bonds is 2. The summed E-state index contributed by atoms with van der Waals surface area (Å²) in [4.78, 5) is 19.0. The molecule has 2 rings (SSSR count). The molecule has 0 atom stereocenters. The molecule has 0 radical (unpaired) electrons. The van der Waals surface area contributed by atoms with Gasteiger partial charge in [0, 0.05) is 11.4 Å². The Bertz CT molecular complexity index is 670. The SMILES string of the molecule is CC(C)(C)Cc1nc(O)c(-c2ccc(Cl)cc2)c(=O)[nH]1. The standard InChI is InChI=1S/C15H17ClN2O2/c1-15(2,3)8-11-17-13(19)12(14(20)18-11)9-4-6-10(16)7-5-9/h4-7H,8H2,1-3H3,(H2,17,18,19,20). The van der Waals surface area contributed by atoms with Crippen molar-refractivity contribution < 1.29 is 5.11 Å². The first-order chi connectivity index (χ1) is 9.26. The Morgan fingerprint density at radius 1 is 1.25 bits per heavy atom. The van der Waals surface area contributed by atoms with E-state index in [1.165, 1.54) is 0 Å². The van der Waals surface area contributed by atoms with Gasteiger partial charge in [0.2, 0.25) is 5.88 Å². The van der Waals surface area contributed by atoms with Crippen molar-refractivity contribution in [2.45, 2.75) is 27.2 Å². The van der Waals surface area contributed by atoms with Crippen LogP contribution in [-0.2, 0) is 6.42 Å². The maximum absolute atomic E-state index is 12.1. The lowest BCUT2D eigenvalue weighted by Gasteiger charge is -2.17. The number of nitrogens with zero attached hydrogens (tertiary/aromatic N) is 1. The predicted molar refractivity (Wildman–Crippen MR) is 80.1 cm³/mol. The van der Waals surface area contributed by atoms with Crippen molar-refractivity contribution in [3.63, 3.8) is 0 Å². The van der Waals surface area contributed by atoms with Gasteiger partial charge < -0.3 is 10.1 Å². The van der Waals surface area contributed by atoms with Gasteiger partial charge in [0.25, 0.3) is 5.56 Å². The summed E-state index contributed by atoms with van der Waals surface area (Å²) in [5.74, 6) is 0.230. The van der Waals surface area contributed by atoms with E-state index in [9.17, 15) is 9.90 Å². The average Bonchev–Trinajstić information content (AvgIpc) is 2.28.